The molecule has 1 heterocycles. The Balaban J connectivity index is 2.68. The molecule has 0 saturated carbocycles. The molecule has 0 aromatic carbocycles. The lowest BCUT2D eigenvalue weighted by molar-refractivity contribution is 0.525. The molecule has 0 radical (unpaired) electrons. The van der Waals surface area contributed by atoms with Gasteiger partial charge in [-0.15, -0.1) is 11.8 Å². The topological polar surface area (TPSA) is 23.9 Å². The van der Waals surface area contributed by atoms with E-state index < -0.39 is 0 Å². The van der Waals surface area contributed by atoms with Gasteiger partial charge in [-0.1, -0.05) is 13.8 Å². The minimum Gasteiger partial charge on any atom is -0.298 e. The van der Waals surface area contributed by atoms with Crippen LogP contribution in [-0.4, -0.2) is 10.8 Å². The molecular formula is C6H11NS. The SMILES string of the molecule is CC1(C)CCSC1=N. The van der Waals surface area contributed by atoms with E-state index >= 15 is 0 Å². The Morgan fingerprint density at radius 2 is 2.25 bits per heavy atom. The predicted molar refractivity (Wildman–Crippen MR) is 38.6 cm³/mol. The summed E-state index contributed by atoms with van der Waals surface area (Å²) in [5.41, 5.74) is 0.199. The maximum atomic E-state index is 7.41. The Bertz CT molecular complexity index is 118. The van der Waals surface area contributed by atoms with Gasteiger partial charge in [0.15, 0.2) is 0 Å². The van der Waals surface area contributed by atoms with Crippen molar-refractivity contribution >= 4 is 16.8 Å². The van der Waals surface area contributed by atoms with E-state index in [4.69, 9.17) is 5.41 Å². The molecule has 1 saturated heterocycles. The maximum absolute atomic E-state index is 7.41. The molecule has 0 atom stereocenters. The monoisotopic (exact) mass is 129 g/mol. The molecule has 1 rings (SSSR count). The van der Waals surface area contributed by atoms with Crippen LogP contribution in [0.25, 0.3) is 0 Å². The van der Waals surface area contributed by atoms with Gasteiger partial charge >= 0.3 is 0 Å². The fraction of sp³-hybridized carbons (Fsp3) is 0.833. The molecule has 0 aromatic heterocycles. The van der Waals surface area contributed by atoms with Crippen molar-refractivity contribution in [1.29, 1.82) is 5.41 Å². The first kappa shape index (κ1) is 6.14. The molecule has 0 aliphatic carbocycles. The first-order valence-corrected chi connectivity index (χ1v) is 3.83. The first-order chi connectivity index (χ1) is 3.63. The average molecular weight is 129 g/mol. The molecular weight excluding hydrogens is 118 g/mol. The lowest BCUT2D eigenvalue weighted by Gasteiger charge is -2.13. The van der Waals surface area contributed by atoms with E-state index in [2.05, 4.69) is 13.8 Å². The van der Waals surface area contributed by atoms with Crippen molar-refractivity contribution in [3.63, 3.8) is 0 Å². The van der Waals surface area contributed by atoms with Crippen LogP contribution in [0.3, 0.4) is 0 Å². The summed E-state index contributed by atoms with van der Waals surface area (Å²) in [7, 11) is 0. The third-order valence-corrected chi connectivity index (χ3v) is 2.84. The van der Waals surface area contributed by atoms with Gasteiger partial charge in [0.25, 0.3) is 0 Å². The summed E-state index contributed by atoms with van der Waals surface area (Å²) in [5.74, 6) is 1.14. The largest absolute Gasteiger partial charge is 0.298 e. The van der Waals surface area contributed by atoms with Crippen LogP contribution < -0.4 is 0 Å². The Morgan fingerprint density at radius 1 is 1.62 bits per heavy atom. The molecule has 1 fully saturated rings. The van der Waals surface area contributed by atoms with E-state index in [-0.39, 0.29) is 5.41 Å². The lowest BCUT2D eigenvalue weighted by Crippen LogP contribution is -2.13. The van der Waals surface area contributed by atoms with Crippen LogP contribution >= 0.6 is 11.8 Å². The zero-order valence-corrected chi connectivity index (χ0v) is 6.14. The molecule has 0 aromatic rings. The second kappa shape index (κ2) is 1.76. The van der Waals surface area contributed by atoms with Crippen molar-refractivity contribution in [3.8, 4) is 0 Å². The van der Waals surface area contributed by atoms with Crippen LogP contribution in [0.1, 0.15) is 20.3 Å². The third-order valence-electron chi connectivity index (χ3n) is 1.59. The molecule has 8 heavy (non-hydrogen) atoms. The van der Waals surface area contributed by atoms with Gasteiger partial charge < -0.3 is 0 Å². The molecule has 0 spiro atoms. The lowest BCUT2D eigenvalue weighted by atomic mass is 9.92. The smallest absolute Gasteiger partial charge is 0.0698 e. The average Bonchev–Trinajstić information content (AvgIpc) is 1.86. The highest BCUT2D eigenvalue weighted by Crippen LogP contribution is 2.36. The summed E-state index contributed by atoms with van der Waals surface area (Å²) >= 11 is 1.69. The van der Waals surface area contributed by atoms with E-state index in [1.807, 2.05) is 0 Å². The second-order valence-electron chi connectivity index (χ2n) is 2.81. The molecule has 2 heteroatoms. The van der Waals surface area contributed by atoms with Gasteiger partial charge in [0.1, 0.15) is 0 Å². The molecule has 1 N–H and O–H groups in total. The standard InChI is InChI=1S/C6H11NS/c1-6(2)3-4-8-5(6)7/h7H,3-4H2,1-2H3. The van der Waals surface area contributed by atoms with Crippen LogP contribution in [0.4, 0.5) is 0 Å². The first-order valence-electron chi connectivity index (χ1n) is 2.85. The molecule has 1 aliphatic rings. The fourth-order valence-corrected chi connectivity index (χ4v) is 2.03. The quantitative estimate of drug-likeness (QED) is 0.532. The van der Waals surface area contributed by atoms with Crippen molar-refractivity contribution in [2.75, 3.05) is 5.75 Å². The van der Waals surface area contributed by atoms with Crippen LogP contribution in [0.2, 0.25) is 0 Å². The van der Waals surface area contributed by atoms with Crippen LogP contribution in [0, 0.1) is 10.8 Å². The summed E-state index contributed by atoms with van der Waals surface area (Å²) in [5, 5.41) is 8.27. The third kappa shape index (κ3) is 0.895. The van der Waals surface area contributed by atoms with Crippen molar-refractivity contribution in [3.05, 3.63) is 0 Å². The molecule has 0 bridgehead atoms. The Kier molecular flexibility index (Phi) is 1.35. The van der Waals surface area contributed by atoms with Crippen LogP contribution in [0.5, 0.6) is 0 Å². The number of thioether (sulfide) groups is 1. The summed E-state index contributed by atoms with van der Waals surface area (Å²) in [6.07, 6.45) is 1.18. The van der Waals surface area contributed by atoms with Crippen molar-refractivity contribution in [2.24, 2.45) is 5.41 Å². The second-order valence-corrected chi connectivity index (χ2v) is 3.92. The molecule has 1 aliphatic heterocycles. The highest BCUT2D eigenvalue weighted by atomic mass is 32.2. The van der Waals surface area contributed by atoms with E-state index in [0.29, 0.717) is 0 Å². The van der Waals surface area contributed by atoms with Crippen LogP contribution in [0.15, 0.2) is 0 Å². The molecule has 46 valence electrons. The van der Waals surface area contributed by atoms with E-state index in [1.54, 1.807) is 11.8 Å². The number of nitrogens with one attached hydrogen (secondary N) is 1. The van der Waals surface area contributed by atoms with Gasteiger partial charge in [-0.05, 0) is 6.42 Å². The number of hydrogen-bond acceptors (Lipinski definition) is 2. The van der Waals surface area contributed by atoms with E-state index in [9.17, 15) is 0 Å². The van der Waals surface area contributed by atoms with Gasteiger partial charge in [-0.25, -0.2) is 0 Å². The van der Waals surface area contributed by atoms with Crippen LogP contribution in [-0.2, 0) is 0 Å². The van der Waals surface area contributed by atoms with Gasteiger partial charge in [0, 0.05) is 11.2 Å². The van der Waals surface area contributed by atoms with E-state index in [0.717, 1.165) is 10.8 Å². The number of rotatable bonds is 0. The summed E-state index contributed by atoms with van der Waals surface area (Å²) in [4.78, 5) is 0. The van der Waals surface area contributed by atoms with Crippen molar-refractivity contribution in [1.82, 2.24) is 0 Å². The van der Waals surface area contributed by atoms with Gasteiger partial charge in [0.05, 0.1) is 5.04 Å². The zero-order chi connectivity index (χ0) is 6.20. The van der Waals surface area contributed by atoms with Crippen molar-refractivity contribution < 1.29 is 0 Å². The minimum atomic E-state index is 0.199. The molecule has 0 amide bonds. The number of hydrogen-bond donors (Lipinski definition) is 1. The fourth-order valence-electron chi connectivity index (χ4n) is 0.717. The Hall–Kier alpha value is 0.0200. The zero-order valence-electron chi connectivity index (χ0n) is 5.32. The van der Waals surface area contributed by atoms with Gasteiger partial charge in [-0.2, -0.15) is 0 Å². The Labute approximate surface area is 54.4 Å². The normalized spacial score (nSPS) is 26.5. The highest BCUT2D eigenvalue weighted by Gasteiger charge is 2.29. The summed E-state index contributed by atoms with van der Waals surface area (Å²) < 4.78 is 0. The Morgan fingerprint density at radius 3 is 2.38 bits per heavy atom. The summed E-state index contributed by atoms with van der Waals surface area (Å²) in [6, 6.07) is 0. The molecule has 1 nitrogen and oxygen atoms in total. The summed E-state index contributed by atoms with van der Waals surface area (Å²) in [6.45, 7) is 4.27. The maximum Gasteiger partial charge on any atom is 0.0698 e. The van der Waals surface area contributed by atoms with Gasteiger partial charge in [-0.3, -0.25) is 5.41 Å². The highest BCUT2D eigenvalue weighted by molar-refractivity contribution is 8.14. The van der Waals surface area contributed by atoms with Crippen molar-refractivity contribution in [2.45, 2.75) is 20.3 Å². The van der Waals surface area contributed by atoms with E-state index in [1.165, 1.54) is 6.42 Å². The molecule has 0 unspecified atom stereocenters. The minimum absolute atomic E-state index is 0.199. The predicted octanol–water partition coefficient (Wildman–Crippen LogP) is 2.13. The van der Waals surface area contributed by atoms with Gasteiger partial charge in [0.2, 0.25) is 0 Å².